The van der Waals surface area contributed by atoms with Gasteiger partial charge in [-0.05, 0) is 76.1 Å². The highest BCUT2D eigenvalue weighted by Crippen LogP contribution is 2.39. The van der Waals surface area contributed by atoms with Crippen molar-refractivity contribution >= 4 is 44.1 Å². The minimum absolute atomic E-state index is 0.364. The van der Waals surface area contributed by atoms with Gasteiger partial charge in [0.05, 0.1) is 43.3 Å². The molecule has 178 valence electrons. The Labute approximate surface area is 211 Å². The molecule has 1 aromatic carbocycles. The minimum Gasteiger partial charge on any atom is -0.386 e. The van der Waals surface area contributed by atoms with Crippen LogP contribution < -0.4 is 4.72 Å². The molecule has 34 heavy (non-hydrogen) atoms. The third-order valence-corrected chi connectivity index (χ3v) is 8.58. The van der Waals surface area contributed by atoms with Crippen molar-refractivity contribution in [3.05, 3.63) is 82.0 Å². The largest absolute Gasteiger partial charge is 0.386 e. The lowest BCUT2D eigenvalue weighted by atomic mass is 9.97. The smallest absolute Gasteiger partial charge is 0.0979 e. The Morgan fingerprint density at radius 3 is 2.41 bits per heavy atom. The quantitative estimate of drug-likeness (QED) is 0.313. The zero-order valence-corrected chi connectivity index (χ0v) is 22.2. The predicted molar refractivity (Wildman–Crippen MR) is 142 cm³/mol. The van der Waals surface area contributed by atoms with Crippen LogP contribution in [0, 0.1) is 0 Å². The van der Waals surface area contributed by atoms with Crippen molar-refractivity contribution < 1.29 is 9.32 Å². The Morgan fingerprint density at radius 1 is 1.03 bits per heavy atom. The molecule has 0 aliphatic heterocycles. The zero-order valence-electron chi connectivity index (χ0n) is 19.8. The maximum absolute atomic E-state index is 13.1. The number of fused-ring (bicyclic) bond motifs is 1. The summed E-state index contributed by atoms with van der Waals surface area (Å²) in [5.41, 5.74) is 3.20. The Hall–Kier alpha value is -2.16. The van der Waals surface area contributed by atoms with Crippen molar-refractivity contribution in [1.82, 2.24) is 14.7 Å². The Bertz CT molecular complexity index is 1360. The molecule has 0 fully saturated rings. The van der Waals surface area contributed by atoms with Gasteiger partial charge in [0, 0.05) is 27.9 Å². The van der Waals surface area contributed by atoms with Gasteiger partial charge in [0.15, 0.2) is 0 Å². The zero-order chi connectivity index (χ0) is 24.7. The first-order chi connectivity index (χ1) is 15.9. The van der Waals surface area contributed by atoms with Crippen LogP contribution in [0.4, 0.5) is 0 Å². The molecular formula is C26H28ClN3O2S2. The van der Waals surface area contributed by atoms with Gasteiger partial charge in [-0.2, -0.15) is 0 Å². The van der Waals surface area contributed by atoms with E-state index in [0.717, 1.165) is 37.5 Å². The maximum Gasteiger partial charge on any atom is 0.0979 e. The summed E-state index contributed by atoms with van der Waals surface area (Å²) in [6, 6.07) is 14.9. The van der Waals surface area contributed by atoms with Crippen molar-refractivity contribution in [3.8, 4) is 11.3 Å². The van der Waals surface area contributed by atoms with Crippen LogP contribution in [0.2, 0.25) is 5.02 Å². The van der Waals surface area contributed by atoms with Crippen LogP contribution in [0.25, 0.3) is 21.5 Å². The molecule has 0 radical (unpaired) electrons. The minimum atomic E-state index is -1.32. The summed E-state index contributed by atoms with van der Waals surface area (Å²) in [5.74, 6) is 0. The van der Waals surface area contributed by atoms with E-state index < -0.39 is 21.3 Å². The molecular weight excluding hydrogens is 486 g/mol. The van der Waals surface area contributed by atoms with Crippen LogP contribution in [0.3, 0.4) is 0 Å². The molecule has 2 N–H and O–H groups in total. The lowest BCUT2D eigenvalue weighted by Gasteiger charge is -2.24. The molecule has 0 aliphatic rings. The fourth-order valence-corrected chi connectivity index (χ4v) is 5.88. The highest BCUT2D eigenvalue weighted by Gasteiger charge is 2.27. The molecule has 1 unspecified atom stereocenters. The van der Waals surface area contributed by atoms with Crippen LogP contribution in [0.15, 0.2) is 60.9 Å². The topological polar surface area (TPSA) is 75.1 Å². The average molecular weight is 514 g/mol. The van der Waals surface area contributed by atoms with E-state index in [1.807, 2.05) is 69.3 Å². The molecule has 0 saturated carbocycles. The van der Waals surface area contributed by atoms with Crippen LogP contribution in [-0.4, -0.2) is 24.0 Å². The van der Waals surface area contributed by atoms with Crippen LogP contribution in [-0.2, 0) is 16.6 Å². The van der Waals surface area contributed by atoms with Gasteiger partial charge in [0.2, 0.25) is 0 Å². The summed E-state index contributed by atoms with van der Waals surface area (Å²) in [6.45, 7) is 9.32. The number of hydrogen-bond acceptors (Lipinski definition) is 5. The highest BCUT2D eigenvalue weighted by molar-refractivity contribution is 7.84. The average Bonchev–Trinajstić information content (AvgIpc) is 3.21. The van der Waals surface area contributed by atoms with E-state index in [0.29, 0.717) is 5.02 Å². The van der Waals surface area contributed by atoms with Crippen molar-refractivity contribution in [2.45, 2.75) is 51.0 Å². The van der Waals surface area contributed by atoms with Crippen LogP contribution in [0.5, 0.6) is 0 Å². The highest BCUT2D eigenvalue weighted by atomic mass is 35.5. The van der Waals surface area contributed by atoms with Crippen molar-refractivity contribution in [1.29, 1.82) is 0 Å². The molecule has 0 spiro atoms. The third kappa shape index (κ3) is 5.24. The van der Waals surface area contributed by atoms with E-state index in [9.17, 15) is 9.32 Å². The third-order valence-electron chi connectivity index (χ3n) is 5.46. The number of hydrogen-bond donors (Lipinski definition) is 2. The maximum atomic E-state index is 13.1. The molecule has 3 aromatic heterocycles. The molecule has 5 nitrogen and oxygen atoms in total. The van der Waals surface area contributed by atoms with Gasteiger partial charge in [-0.3, -0.25) is 9.97 Å². The van der Waals surface area contributed by atoms with E-state index in [1.165, 1.54) is 0 Å². The van der Waals surface area contributed by atoms with Crippen molar-refractivity contribution in [2.24, 2.45) is 0 Å². The summed E-state index contributed by atoms with van der Waals surface area (Å²) in [6.07, 6.45) is 3.47. The van der Waals surface area contributed by atoms with E-state index in [2.05, 4.69) is 14.7 Å². The molecule has 4 rings (SSSR count). The number of nitrogens with zero attached hydrogens (tertiary/aromatic N) is 2. The van der Waals surface area contributed by atoms with E-state index in [-0.39, 0.29) is 6.04 Å². The molecule has 0 aliphatic carbocycles. The second-order valence-electron chi connectivity index (χ2n) is 9.66. The van der Waals surface area contributed by atoms with Gasteiger partial charge in [-0.15, -0.1) is 11.3 Å². The second kappa shape index (κ2) is 9.47. The molecule has 3 heterocycles. The molecule has 8 heteroatoms. The number of nitrogens with one attached hydrogen (secondary N) is 1. The Morgan fingerprint density at radius 2 is 1.74 bits per heavy atom. The number of pyridine rings is 2. The fraction of sp³-hybridized carbons (Fsp3) is 0.308. The first-order valence-electron chi connectivity index (χ1n) is 11.0. The SMILES string of the molecule is CC(C)(O)c1ccnc(-c2ccnc3cc([C@H](NS(=O)C(C)(C)C)c4ccccc4Cl)sc23)c1. The lowest BCUT2D eigenvalue weighted by Crippen LogP contribution is -2.36. The summed E-state index contributed by atoms with van der Waals surface area (Å²) in [7, 11) is -1.32. The number of aromatic nitrogens is 2. The number of halogens is 1. The van der Waals surface area contributed by atoms with Gasteiger partial charge >= 0.3 is 0 Å². The fourth-order valence-electron chi connectivity index (χ4n) is 3.53. The second-order valence-corrected chi connectivity index (χ2v) is 13.2. The summed E-state index contributed by atoms with van der Waals surface area (Å²) in [5, 5.41) is 11.1. The summed E-state index contributed by atoms with van der Waals surface area (Å²) >= 11 is 8.14. The first-order valence-corrected chi connectivity index (χ1v) is 13.3. The van der Waals surface area contributed by atoms with Gasteiger partial charge in [0.1, 0.15) is 0 Å². The number of rotatable bonds is 6. The standard InChI is InChI=1S/C26H28ClN3O2S2/c1-25(2,3)34(32)30-23(17-8-6-7-9-19(17)27)22-15-21-24(33-22)18(11-13-29-21)20-14-16(10-12-28-20)26(4,5)31/h6-15,23,30-31H,1-5H3/t23-,34?/m1/s1. The number of benzene rings is 1. The van der Waals surface area contributed by atoms with E-state index >= 15 is 0 Å². The molecule has 2 atom stereocenters. The molecule has 0 saturated heterocycles. The Kier molecular flexibility index (Phi) is 6.95. The Balaban J connectivity index is 1.85. The van der Waals surface area contributed by atoms with Crippen molar-refractivity contribution in [2.75, 3.05) is 0 Å². The van der Waals surface area contributed by atoms with Crippen molar-refractivity contribution in [3.63, 3.8) is 0 Å². The van der Waals surface area contributed by atoms with Gasteiger partial charge < -0.3 is 5.11 Å². The van der Waals surface area contributed by atoms with E-state index in [1.54, 1.807) is 37.6 Å². The summed E-state index contributed by atoms with van der Waals surface area (Å²) in [4.78, 5) is 10.1. The predicted octanol–water partition coefficient (Wildman–Crippen LogP) is 6.38. The van der Waals surface area contributed by atoms with Gasteiger partial charge in [-0.1, -0.05) is 29.8 Å². The van der Waals surface area contributed by atoms with Crippen LogP contribution >= 0.6 is 22.9 Å². The molecule has 0 bridgehead atoms. The summed E-state index contributed by atoms with van der Waals surface area (Å²) < 4.78 is 16.9. The molecule has 4 aromatic rings. The lowest BCUT2D eigenvalue weighted by molar-refractivity contribution is 0.0785. The van der Waals surface area contributed by atoms with Gasteiger partial charge in [-0.25, -0.2) is 8.93 Å². The van der Waals surface area contributed by atoms with Crippen LogP contribution in [0.1, 0.15) is 56.7 Å². The monoisotopic (exact) mass is 513 g/mol. The molecule has 0 amide bonds. The number of thiophene rings is 1. The number of aliphatic hydroxyl groups is 1. The van der Waals surface area contributed by atoms with Gasteiger partial charge in [0.25, 0.3) is 0 Å². The van der Waals surface area contributed by atoms with E-state index in [4.69, 9.17) is 11.6 Å². The first kappa shape index (κ1) is 24.9. The normalized spacial score (nSPS) is 14.3.